The lowest BCUT2D eigenvalue weighted by Crippen LogP contribution is -2.38. The molecule has 2 atom stereocenters. The molecule has 15 nitrogen and oxygen atoms in total. The Bertz CT molecular complexity index is 2140. The number of rotatable bonds is 21. The monoisotopic (exact) mass is 866 g/mol. The maximum atomic E-state index is 12.2. The quantitative estimate of drug-likeness (QED) is 0.0424. The van der Waals surface area contributed by atoms with Gasteiger partial charge in [0.1, 0.15) is 0 Å². The van der Waals surface area contributed by atoms with Crippen LogP contribution in [0.3, 0.4) is 0 Å². The van der Waals surface area contributed by atoms with Gasteiger partial charge in [0.25, 0.3) is 0 Å². The number of carbonyl (C=O) groups is 7. The third-order valence-corrected chi connectivity index (χ3v) is 9.34. The van der Waals surface area contributed by atoms with E-state index in [1.165, 1.54) is 21.1 Å². The molecular weight excluding hydrogens is 809 g/mol. The van der Waals surface area contributed by atoms with Crippen molar-refractivity contribution in [2.75, 3.05) is 38.5 Å². The molecule has 0 spiro atoms. The summed E-state index contributed by atoms with van der Waals surface area (Å²) in [5, 5.41) is 8.41. The van der Waals surface area contributed by atoms with E-state index in [-0.39, 0.29) is 75.4 Å². The minimum atomic E-state index is -0.469. The van der Waals surface area contributed by atoms with Gasteiger partial charge in [0, 0.05) is 43.2 Å². The predicted molar refractivity (Wildman–Crippen MR) is 239 cm³/mol. The van der Waals surface area contributed by atoms with Gasteiger partial charge >= 0.3 is 23.9 Å². The molecule has 0 aromatic heterocycles. The van der Waals surface area contributed by atoms with Crippen LogP contribution in [-0.2, 0) is 65.4 Å². The lowest BCUT2D eigenvalue weighted by atomic mass is 9.99. The highest BCUT2D eigenvalue weighted by Crippen LogP contribution is 2.25. The van der Waals surface area contributed by atoms with Crippen molar-refractivity contribution in [1.29, 1.82) is 0 Å². The van der Waals surface area contributed by atoms with Crippen LogP contribution in [0.5, 0.6) is 0 Å². The first-order valence-corrected chi connectivity index (χ1v) is 20.7. The van der Waals surface area contributed by atoms with Gasteiger partial charge in [-0.25, -0.2) is 0 Å². The molecule has 3 amide bonds. The third-order valence-electron chi connectivity index (χ3n) is 9.34. The van der Waals surface area contributed by atoms with Crippen LogP contribution >= 0.6 is 0 Å². The highest BCUT2D eigenvalue weighted by atomic mass is 16.5. The van der Waals surface area contributed by atoms with Crippen molar-refractivity contribution in [3.63, 3.8) is 0 Å². The van der Waals surface area contributed by atoms with Gasteiger partial charge in [-0.3, -0.25) is 33.6 Å². The molecule has 0 bridgehead atoms. The molecule has 4 aromatic rings. The first-order valence-electron chi connectivity index (χ1n) is 20.7. The zero-order valence-corrected chi connectivity index (χ0v) is 36.5. The highest BCUT2D eigenvalue weighted by Gasteiger charge is 2.20. The smallest absolute Gasteiger partial charge is 0.307 e. The van der Waals surface area contributed by atoms with E-state index >= 15 is 0 Å². The summed E-state index contributed by atoms with van der Waals surface area (Å²) < 4.78 is 19.2. The third kappa shape index (κ3) is 19.5. The van der Waals surface area contributed by atoms with E-state index in [1.807, 2.05) is 97.1 Å². The van der Waals surface area contributed by atoms with Crippen molar-refractivity contribution < 1.29 is 52.5 Å². The van der Waals surface area contributed by atoms with Gasteiger partial charge in [-0.05, 0) is 84.3 Å². The molecule has 0 radical (unpaired) electrons. The Morgan fingerprint density at radius 3 is 1.37 bits per heavy atom. The Balaban J connectivity index is 0.000000337. The molecule has 0 saturated carbocycles. The summed E-state index contributed by atoms with van der Waals surface area (Å²) in [6, 6.07) is 29.9. The number of benzene rings is 4. The lowest BCUT2D eigenvalue weighted by Gasteiger charge is -2.18. The molecule has 0 aliphatic rings. The minimum absolute atomic E-state index is 0.000363. The first-order chi connectivity index (χ1) is 30.2. The molecule has 4 rings (SSSR count). The Hall–Kier alpha value is -7.03. The van der Waals surface area contributed by atoms with E-state index in [9.17, 15) is 33.6 Å². The normalized spacial score (nSPS) is 11.3. The number of esters is 4. The number of amides is 3. The van der Waals surface area contributed by atoms with Gasteiger partial charge in [-0.1, -0.05) is 72.8 Å². The molecule has 0 fully saturated rings. The van der Waals surface area contributed by atoms with E-state index in [1.54, 1.807) is 13.8 Å². The fourth-order valence-corrected chi connectivity index (χ4v) is 6.36. The van der Waals surface area contributed by atoms with Crippen LogP contribution in [0, 0.1) is 0 Å². The molecule has 5 N–H and O–H groups in total. The van der Waals surface area contributed by atoms with Gasteiger partial charge in [0.05, 0.1) is 53.1 Å². The molecule has 0 unspecified atom stereocenters. The number of anilines is 2. The molecule has 4 aromatic carbocycles. The standard InChI is InChI=1S/C25H30N2O6.C23H28N2O5/c1-4-33-25(31)16-22(27-23(29)12-13-24(30)32-3)14-18-8-10-19(11-9-18)20-6-5-7-21(15-20)26-17(2)28;1-3-30-23(28)15-20(25-21(26)11-12-22(27)29-2)13-16-7-9-17(10-8-16)18-5-4-6-19(24)14-18/h5-11,15,22H,4,12-14,16H2,1-3H3,(H,26,28)(H,27,29);4-10,14,20H,3,11-13,15,24H2,1-2H3,(H,25,26)/t22-;20-/m11/s1. The van der Waals surface area contributed by atoms with Crippen LogP contribution in [0.2, 0.25) is 0 Å². The van der Waals surface area contributed by atoms with Crippen molar-refractivity contribution in [2.24, 2.45) is 0 Å². The minimum Gasteiger partial charge on any atom is -0.469 e. The average Bonchev–Trinajstić information content (AvgIpc) is 3.25. The molecule has 0 aliphatic carbocycles. The summed E-state index contributed by atoms with van der Waals surface area (Å²) in [6.45, 7) is 5.45. The topological polar surface area (TPSA) is 219 Å². The second-order valence-electron chi connectivity index (χ2n) is 14.4. The molecule has 336 valence electrons. The molecular formula is C48H58N4O11. The van der Waals surface area contributed by atoms with Crippen molar-refractivity contribution in [3.05, 3.63) is 108 Å². The Kier molecular flexibility index (Phi) is 21.6. The van der Waals surface area contributed by atoms with Crippen molar-refractivity contribution in [2.45, 2.75) is 84.2 Å². The van der Waals surface area contributed by atoms with Crippen LogP contribution < -0.4 is 21.7 Å². The number of ether oxygens (including phenoxy) is 4. The lowest BCUT2D eigenvalue weighted by molar-refractivity contribution is -0.145. The number of hydrogen-bond acceptors (Lipinski definition) is 12. The average molecular weight is 867 g/mol. The predicted octanol–water partition coefficient (Wildman–Crippen LogP) is 6.12. The van der Waals surface area contributed by atoms with E-state index in [4.69, 9.17) is 15.2 Å². The van der Waals surface area contributed by atoms with Crippen molar-refractivity contribution >= 4 is 53.0 Å². The molecule has 0 aliphatic heterocycles. The van der Waals surface area contributed by atoms with Gasteiger partial charge in [-0.2, -0.15) is 0 Å². The van der Waals surface area contributed by atoms with Crippen LogP contribution in [0.1, 0.15) is 70.4 Å². The van der Waals surface area contributed by atoms with Crippen LogP contribution in [0.15, 0.2) is 97.1 Å². The summed E-state index contributed by atoms with van der Waals surface area (Å²) in [5.74, 6) is -2.49. The first kappa shape index (κ1) is 50.3. The largest absolute Gasteiger partial charge is 0.469 e. The summed E-state index contributed by atoms with van der Waals surface area (Å²) in [6.07, 6.45) is 0.905. The van der Waals surface area contributed by atoms with Crippen molar-refractivity contribution in [3.8, 4) is 22.3 Å². The number of hydrogen-bond donors (Lipinski definition) is 4. The van der Waals surface area contributed by atoms with Crippen LogP contribution in [0.4, 0.5) is 11.4 Å². The fourth-order valence-electron chi connectivity index (χ4n) is 6.36. The van der Waals surface area contributed by atoms with Crippen LogP contribution in [0.25, 0.3) is 22.3 Å². The molecule has 0 saturated heterocycles. The number of carbonyl (C=O) groups excluding carboxylic acids is 7. The second kappa shape index (κ2) is 27.0. The number of nitrogens with two attached hydrogens (primary N) is 1. The fraction of sp³-hybridized carbons (Fsp3) is 0.354. The van der Waals surface area contributed by atoms with Gasteiger partial charge in [-0.15, -0.1) is 0 Å². The zero-order valence-electron chi connectivity index (χ0n) is 36.5. The number of methoxy groups -OCH3 is 2. The number of nitrogens with one attached hydrogen (secondary N) is 3. The summed E-state index contributed by atoms with van der Waals surface area (Å²) in [7, 11) is 2.54. The Morgan fingerprint density at radius 1 is 0.540 bits per heavy atom. The second-order valence-corrected chi connectivity index (χ2v) is 14.4. The Morgan fingerprint density at radius 2 is 0.968 bits per heavy atom. The maximum absolute atomic E-state index is 12.2. The van der Waals surface area contributed by atoms with Crippen LogP contribution in [-0.4, -0.2) is 81.1 Å². The van der Waals surface area contributed by atoms with Gasteiger partial charge in [0.2, 0.25) is 17.7 Å². The van der Waals surface area contributed by atoms with E-state index < -0.39 is 30.0 Å². The maximum Gasteiger partial charge on any atom is 0.307 e. The van der Waals surface area contributed by atoms with Crippen molar-refractivity contribution in [1.82, 2.24) is 10.6 Å². The zero-order chi connectivity index (χ0) is 46.1. The molecule has 63 heavy (non-hydrogen) atoms. The molecule has 15 heteroatoms. The van der Waals surface area contributed by atoms with Gasteiger partial charge < -0.3 is 40.6 Å². The number of nitrogen functional groups attached to an aromatic ring is 1. The SMILES string of the molecule is CCOC(=O)C[C@@H](Cc1ccc(-c2cccc(N)c2)cc1)NC(=O)CCC(=O)OC.CCOC(=O)C[C@@H](Cc1ccc(-c2cccc(NC(C)=O)c2)cc1)NC(=O)CCC(=O)OC. The Labute approximate surface area is 368 Å². The molecule has 0 heterocycles. The van der Waals surface area contributed by atoms with Gasteiger partial charge in [0.15, 0.2) is 0 Å². The van der Waals surface area contributed by atoms with E-state index in [2.05, 4.69) is 25.4 Å². The summed E-state index contributed by atoms with van der Waals surface area (Å²) in [5.41, 5.74) is 13.1. The van der Waals surface area contributed by atoms with E-state index in [0.717, 1.165) is 33.4 Å². The summed E-state index contributed by atoms with van der Waals surface area (Å²) in [4.78, 5) is 82.2. The summed E-state index contributed by atoms with van der Waals surface area (Å²) >= 11 is 0. The van der Waals surface area contributed by atoms with E-state index in [0.29, 0.717) is 24.2 Å². The highest BCUT2D eigenvalue weighted by molar-refractivity contribution is 5.89.